The number of rotatable bonds is 8. The van der Waals surface area contributed by atoms with Crippen LogP contribution in [-0.2, 0) is 11.2 Å². The van der Waals surface area contributed by atoms with Crippen LogP contribution in [0.1, 0.15) is 36.5 Å². The third-order valence-electron chi connectivity index (χ3n) is 4.56. The van der Waals surface area contributed by atoms with Gasteiger partial charge in [0.2, 0.25) is 5.91 Å². The number of amides is 1. The number of nitrogens with zero attached hydrogens (tertiary/aromatic N) is 1. The van der Waals surface area contributed by atoms with Crippen LogP contribution in [0.4, 0.5) is 5.13 Å². The van der Waals surface area contributed by atoms with E-state index in [1.807, 2.05) is 31.4 Å². The van der Waals surface area contributed by atoms with Gasteiger partial charge in [0.1, 0.15) is 5.75 Å². The van der Waals surface area contributed by atoms with Crippen molar-refractivity contribution in [1.29, 1.82) is 0 Å². The van der Waals surface area contributed by atoms with Crippen molar-refractivity contribution in [3.05, 3.63) is 64.5 Å². The molecule has 146 valence electrons. The number of thiazole rings is 1. The van der Waals surface area contributed by atoms with Crippen LogP contribution in [0, 0.1) is 13.8 Å². The number of hydrogen-bond acceptors (Lipinski definition) is 4. The van der Waals surface area contributed by atoms with E-state index >= 15 is 0 Å². The summed E-state index contributed by atoms with van der Waals surface area (Å²) in [6.07, 6.45) is 2.09. The largest absolute Gasteiger partial charge is 0.493 e. The predicted octanol–water partition coefficient (Wildman–Crippen LogP) is 5.79. The lowest BCUT2D eigenvalue weighted by Gasteiger charge is -2.09. The molecule has 28 heavy (non-hydrogen) atoms. The highest BCUT2D eigenvalue weighted by atomic mass is 32.1. The van der Waals surface area contributed by atoms with E-state index in [2.05, 4.69) is 47.6 Å². The van der Waals surface area contributed by atoms with Gasteiger partial charge in [-0.05, 0) is 49.4 Å². The van der Waals surface area contributed by atoms with E-state index in [9.17, 15) is 4.79 Å². The van der Waals surface area contributed by atoms with Crippen LogP contribution < -0.4 is 10.1 Å². The standard InChI is InChI=1S/C23H26N2O2S/c1-4-18-9-11-19(12-10-18)20-15-28-23(24-20)25-22(26)6-5-13-27-21-14-16(2)7-8-17(21)3/h7-12,14-15H,4-6,13H2,1-3H3,(H,24,25,26). The molecule has 0 radical (unpaired) electrons. The zero-order valence-electron chi connectivity index (χ0n) is 16.6. The summed E-state index contributed by atoms with van der Waals surface area (Å²) < 4.78 is 5.81. The van der Waals surface area contributed by atoms with E-state index in [1.165, 1.54) is 22.5 Å². The molecule has 5 heteroatoms. The zero-order chi connectivity index (χ0) is 19.9. The summed E-state index contributed by atoms with van der Waals surface area (Å²) in [4.78, 5) is 16.7. The summed E-state index contributed by atoms with van der Waals surface area (Å²) in [5, 5.41) is 5.49. The number of nitrogens with one attached hydrogen (secondary N) is 1. The van der Waals surface area contributed by atoms with E-state index in [1.54, 1.807) is 0 Å². The fourth-order valence-corrected chi connectivity index (χ4v) is 3.57. The molecule has 0 aliphatic rings. The lowest BCUT2D eigenvalue weighted by molar-refractivity contribution is -0.116. The van der Waals surface area contributed by atoms with E-state index in [4.69, 9.17) is 4.74 Å². The van der Waals surface area contributed by atoms with E-state index in [0.29, 0.717) is 24.6 Å². The molecule has 0 spiro atoms. The minimum atomic E-state index is -0.0354. The van der Waals surface area contributed by atoms with Crippen molar-refractivity contribution in [1.82, 2.24) is 4.98 Å². The fraction of sp³-hybridized carbons (Fsp3) is 0.304. The van der Waals surface area contributed by atoms with Gasteiger partial charge >= 0.3 is 0 Å². The SMILES string of the molecule is CCc1ccc(-c2csc(NC(=O)CCCOc3cc(C)ccc3C)n2)cc1. The highest BCUT2D eigenvalue weighted by molar-refractivity contribution is 7.14. The van der Waals surface area contributed by atoms with Crippen molar-refractivity contribution < 1.29 is 9.53 Å². The van der Waals surface area contributed by atoms with Crippen LogP contribution in [0.2, 0.25) is 0 Å². The molecule has 0 fully saturated rings. The number of ether oxygens (including phenoxy) is 1. The second-order valence-electron chi connectivity index (χ2n) is 6.86. The molecule has 3 aromatic rings. The maximum Gasteiger partial charge on any atom is 0.226 e. The normalized spacial score (nSPS) is 10.7. The molecular formula is C23H26N2O2S. The summed E-state index contributed by atoms with van der Waals surface area (Å²) in [5.74, 6) is 0.853. The molecule has 3 rings (SSSR count). The molecule has 0 saturated heterocycles. The Morgan fingerprint density at radius 1 is 1.14 bits per heavy atom. The highest BCUT2D eigenvalue weighted by Gasteiger charge is 2.09. The molecule has 1 amide bonds. The monoisotopic (exact) mass is 394 g/mol. The Bertz CT molecular complexity index is 932. The summed E-state index contributed by atoms with van der Waals surface area (Å²) >= 11 is 1.45. The van der Waals surface area contributed by atoms with E-state index in [0.717, 1.165) is 29.0 Å². The first-order valence-corrected chi connectivity index (χ1v) is 10.5. The van der Waals surface area contributed by atoms with Crippen molar-refractivity contribution >= 4 is 22.4 Å². The third-order valence-corrected chi connectivity index (χ3v) is 5.32. The van der Waals surface area contributed by atoms with Crippen LogP contribution in [0.15, 0.2) is 47.8 Å². The highest BCUT2D eigenvalue weighted by Crippen LogP contribution is 2.25. The van der Waals surface area contributed by atoms with E-state index < -0.39 is 0 Å². The molecule has 0 atom stereocenters. The van der Waals surface area contributed by atoms with Gasteiger partial charge in [-0.1, -0.05) is 43.3 Å². The molecule has 1 heterocycles. The molecule has 0 unspecified atom stereocenters. The van der Waals surface area contributed by atoms with Gasteiger partial charge in [-0.3, -0.25) is 4.79 Å². The zero-order valence-corrected chi connectivity index (χ0v) is 17.4. The second-order valence-corrected chi connectivity index (χ2v) is 7.72. The van der Waals surface area contributed by atoms with Crippen molar-refractivity contribution in [2.45, 2.75) is 40.0 Å². The van der Waals surface area contributed by atoms with Crippen LogP contribution in [0.25, 0.3) is 11.3 Å². The Hall–Kier alpha value is -2.66. The molecule has 0 saturated carbocycles. The number of benzene rings is 2. The molecule has 0 aliphatic heterocycles. The number of carbonyl (C=O) groups excluding carboxylic acids is 1. The van der Waals surface area contributed by atoms with Gasteiger partial charge in [-0.15, -0.1) is 11.3 Å². The Labute approximate surface area is 170 Å². The van der Waals surface area contributed by atoms with Gasteiger partial charge in [-0.2, -0.15) is 0 Å². The van der Waals surface area contributed by atoms with Gasteiger partial charge < -0.3 is 10.1 Å². The molecule has 0 aliphatic carbocycles. The van der Waals surface area contributed by atoms with Crippen molar-refractivity contribution in [2.75, 3.05) is 11.9 Å². The average Bonchev–Trinajstić information content (AvgIpc) is 3.16. The van der Waals surface area contributed by atoms with Crippen LogP contribution in [-0.4, -0.2) is 17.5 Å². The Morgan fingerprint density at radius 3 is 2.68 bits per heavy atom. The number of aromatic nitrogens is 1. The lowest BCUT2D eigenvalue weighted by Crippen LogP contribution is -2.12. The minimum absolute atomic E-state index is 0.0354. The topological polar surface area (TPSA) is 51.2 Å². The molecule has 2 aromatic carbocycles. The van der Waals surface area contributed by atoms with Gasteiger partial charge in [0.25, 0.3) is 0 Å². The maximum absolute atomic E-state index is 12.2. The van der Waals surface area contributed by atoms with Crippen LogP contribution in [0.5, 0.6) is 5.75 Å². The number of aryl methyl sites for hydroxylation is 3. The van der Waals surface area contributed by atoms with Gasteiger partial charge in [0.15, 0.2) is 5.13 Å². The number of anilines is 1. The van der Waals surface area contributed by atoms with Crippen molar-refractivity contribution in [3.8, 4) is 17.0 Å². The molecule has 4 nitrogen and oxygen atoms in total. The lowest BCUT2D eigenvalue weighted by atomic mass is 10.1. The molecule has 0 bridgehead atoms. The smallest absolute Gasteiger partial charge is 0.226 e. The first kappa shape index (κ1) is 20.1. The summed E-state index contributed by atoms with van der Waals surface area (Å²) in [6, 6.07) is 14.5. The van der Waals surface area contributed by atoms with Crippen LogP contribution >= 0.6 is 11.3 Å². The summed E-state index contributed by atoms with van der Waals surface area (Å²) in [5.41, 5.74) is 5.53. The van der Waals surface area contributed by atoms with Gasteiger partial charge in [-0.25, -0.2) is 4.98 Å². The third kappa shape index (κ3) is 5.42. The van der Waals surface area contributed by atoms with Crippen LogP contribution in [0.3, 0.4) is 0 Å². The second kappa shape index (κ2) is 9.51. The fourth-order valence-electron chi connectivity index (χ4n) is 2.83. The van der Waals surface area contributed by atoms with E-state index in [-0.39, 0.29) is 5.91 Å². The molecular weight excluding hydrogens is 368 g/mol. The maximum atomic E-state index is 12.2. The summed E-state index contributed by atoms with van der Waals surface area (Å²) in [7, 11) is 0. The first-order valence-electron chi connectivity index (χ1n) is 9.60. The van der Waals surface area contributed by atoms with Gasteiger partial charge in [0.05, 0.1) is 12.3 Å². The first-order chi connectivity index (χ1) is 13.5. The Balaban J connectivity index is 1.46. The predicted molar refractivity (Wildman–Crippen MR) is 116 cm³/mol. The minimum Gasteiger partial charge on any atom is -0.493 e. The Morgan fingerprint density at radius 2 is 1.93 bits per heavy atom. The molecule has 1 N–H and O–H groups in total. The van der Waals surface area contributed by atoms with Crippen molar-refractivity contribution in [2.24, 2.45) is 0 Å². The molecule has 1 aromatic heterocycles. The van der Waals surface area contributed by atoms with Gasteiger partial charge in [0, 0.05) is 17.4 Å². The number of carbonyl (C=O) groups is 1. The Kier molecular flexibility index (Phi) is 6.82. The summed E-state index contributed by atoms with van der Waals surface area (Å²) in [6.45, 7) is 6.72. The average molecular weight is 395 g/mol. The van der Waals surface area contributed by atoms with Crippen molar-refractivity contribution in [3.63, 3.8) is 0 Å². The number of hydrogen-bond donors (Lipinski definition) is 1. The quantitative estimate of drug-likeness (QED) is 0.492.